The van der Waals surface area contributed by atoms with Crippen LogP contribution in [0.3, 0.4) is 0 Å². The summed E-state index contributed by atoms with van der Waals surface area (Å²) >= 11 is 0. The Morgan fingerprint density at radius 2 is 0.833 bits per heavy atom. The van der Waals surface area contributed by atoms with Crippen LogP contribution < -0.4 is 0 Å². The van der Waals surface area contributed by atoms with Crippen LogP contribution in [0.5, 0.6) is 0 Å². The lowest BCUT2D eigenvalue weighted by molar-refractivity contribution is -0.207. The monoisotopic (exact) mass is 414 g/mol. The van der Waals surface area contributed by atoms with E-state index in [1.165, 1.54) is 0 Å². The van der Waals surface area contributed by atoms with Crippen LogP contribution in [0, 0.1) is 0 Å². The van der Waals surface area contributed by atoms with Gasteiger partial charge in [-0.05, 0) is 0 Å². The van der Waals surface area contributed by atoms with Crippen LogP contribution in [0.2, 0.25) is 0 Å². The van der Waals surface area contributed by atoms with E-state index >= 15 is 0 Å². The van der Waals surface area contributed by atoms with Crippen molar-refractivity contribution in [2.24, 2.45) is 0 Å². The van der Waals surface area contributed by atoms with E-state index in [0.717, 1.165) is 20.0 Å². The van der Waals surface area contributed by atoms with Crippen molar-refractivity contribution in [2.75, 3.05) is 20.0 Å². The number of rotatable bonds is 6. The average Bonchev–Trinajstić information content (AvgIpc) is 2.32. The van der Waals surface area contributed by atoms with Gasteiger partial charge in [-0.3, -0.25) is 27.3 Å². The van der Waals surface area contributed by atoms with E-state index in [1.807, 2.05) is 0 Å². The minimum Gasteiger partial charge on any atom is -0.387 e. The van der Waals surface area contributed by atoms with Crippen molar-refractivity contribution in [3.05, 3.63) is 0 Å². The molecule has 1 aliphatic carbocycles. The lowest BCUT2D eigenvalue weighted by atomic mass is 9.85. The van der Waals surface area contributed by atoms with E-state index in [2.05, 4.69) is 9.05 Å². The summed E-state index contributed by atoms with van der Waals surface area (Å²) in [5.41, 5.74) is 0. The van der Waals surface area contributed by atoms with E-state index < -0.39 is 59.4 Å². The summed E-state index contributed by atoms with van der Waals surface area (Å²) in [6.07, 6.45) is -11.7. The molecule has 12 nitrogen and oxygen atoms in total. The van der Waals surface area contributed by atoms with Crippen LogP contribution in [0.25, 0.3) is 0 Å². The zero-order valence-electron chi connectivity index (χ0n) is 12.9. The van der Waals surface area contributed by atoms with Gasteiger partial charge in [0.05, 0.1) is 0 Å². The molecule has 0 radical (unpaired) electrons. The molecule has 0 amide bonds. The summed E-state index contributed by atoms with van der Waals surface area (Å²) in [6, 6.07) is 0. The van der Waals surface area contributed by atoms with Gasteiger partial charge in [-0.15, -0.1) is 0 Å². The van der Waals surface area contributed by atoms with Crippen LogP contribution in [0.15, 0.2) is 0 Å². The van der Waals surface area contributed by atoms with Crippen LogP contribution in [0.4, 0.5) is 0 Å². The number of aliphatic hydroxyl groups excluding tert-OH is 3. The molecule has 15 heteroatoms. The summed E-state index contributed by atoms with van der Waals surface area (Å²) in [6.45, 7) is 2.24. The third-order valence-corrected chi connectivity index (χ3v) is 4.88. The third-order valence-electron chi connectivity index (χ3n) is 2.97. The van der Waals surface area contributed by atoms with E-state index in [1.54, 1.807) is 0 Å². The van der Waals surface area contributed by atoms with Crippen molar-refractivity contribution in [3.63, 3.8) is 0 Å². The average molecular weight is 414 g/mol. The summed E-state index contributed by atoms with van der Waals surface area (Å²) in [5.74, 6) is 0. The van der Waals surface area contributed by atoms with E-state index in [9.17, 15) is 43.7 Å². The molecule has 0 spiro atoms. The van der Waals surface area contributed by atoms with Crippen molar-refractivity contribution >= 4 is 22.8 Å². The van der Waals surface area contributed by atoms with E-state index in [-0.39, 0.29) is 0 Å². The second kappa shape index (κ2) is 7.52. The molecule has 1 fully saturated rings. The van der Waals surface area contributed by atoms with Gasteiger partial charge in [-0.2, -0.15) is 0 Å². The Bertz CT molecular complexity index is 576. The Hall–Kier alpha value is 0.330. The molecule has 1 rings (SSSR count). The molecule has 0 saturated heterocycles. The van der Waals surface area contributed by atoms with E-state index in [0.29, 0.717) is 0 Å². The van der Waals surface area contributed by atoms with Gasteiger partial charge in [0.25, 0.3) is 0 Å². The molecule has 24 heavy (non-hydrogen) atoms. The van der Waals surface area contributed by atoms with Crippen LogP contribution in [-0.4, -0.2) is 86.6 Å². The summed E-state index contributed by atoms with van der Waals surface area (Å²) in [5, 5.41) is 30.2. The molecule has 3 unspecified atom stereocenters. The first kappa shape index (κ1) is 22.4. The Kier molecular flexibility index (Phi) is 7.01. The highest BCUT2D eigenvalue weighted by Gasteiger charge is 2.55. The Balaban J connectivity index is 3.23. The zero-order chi connectivity index (χ0) is 19.1. The van der Waals surface area contributed by atoms with Crippen molar-refractivity contribution < 1.29 is 57.3 Å². The highest BCUT2D eigenvalue weighted by molar-refractivity contribution is 7.52. The fourth-order valence-electron chi connectivity index (χ4n) is 2.21. The maximum absolute atomic E-state index is 11.5. The van der Waals surface area contributed by atoms with Crippen molar-refractivity contribution in [1.29, 1.82) is 0 Å². The molecular weight excluding hydrogens is 393 g/mol. The maximum atomic E-state index is 11.5. The molecule has 144 valence electrons. The molecule has 0 aromatic carbocycles. The number of hydrogen-bond donors (Lipinski definition) is 6. The van der Waals surface area contributed by atoms with Crippen molar-refractivity contribution in [3.8, 4) is 0 Å². The minimum atomic E-state index is -4.29. The largest absolute Gasteiger partial charge is 0.387 e. The predicted molar refractivity (Wildman–Crippen MR) is 79.9 cm³/mol. The lowest BCUT2D eigenvalue weighted by Crippen LogP contribution is -2.65. The van der Waals surface area contributed by atoms with Gasteiger partial charge in [0.1, 0.15) is 36.6 Å². The van der Waals surface area contributed by atoms with Gasteiger partial charge in [0.15, 0.2) is 0 Å². The standard InChI is InChI=1S/C9H21O12P3/c1-22(13,14)19-7-4(10)5(11)8(20-23(2,15)16)9(6(7)12)21-24(3,17)18/h4-12H,1-3H3,(H,13,14)(H,15,16)(H,17,18)/t4-,5+,6+,7-,8-,9-/m1/s1. The fourth-order valence-corrected chi connectivity index (χ4v) is 4.31. The summed E-state index contributed by atoms with van der Waals surface area (Å²) in [4.78, 5) is 27.8. The number of aliphatic hydroxyl groups is 3. The van der Waals surface area contributed by atoms with Crippen molar-refractivity contribution in [1.82, 2.24) is 0 Å². The first-order valence-electron chi connectivity index (χ1n) is 6.52. The smallest absolute Gasteiger partial charge is 0.325 e. The molecule has 0 aliphatic heterocycles. The van der Waals surface area contributed by atoms with Crippen molar-refractivity contribution in [2.45, 2.75) is 36.6 Å². The maximum Gasteiger partial charge on any atom is 0.325 e. The second-order valence-electron chi connectivity index (χ2n) is 5.59. The molecule has 1 aliphatic rings. The van der Waals surface area contributed by atoms with E-state index in [4.69, 9.17) is 4.52 Å². The van der Waals surface area contributed by atoms with Gasteiger partial charge in [0.2, 0.25) is 0 Å². The first-order valence-corrected chi connectivity index (χ1v) is 12.6. The molecule has 0 aromatic rings. The molecule has 1 saturated carbocycles. The van der Waals surface area contributed by atoms with Gasteiger partial charge in [-0.25, -0.2) is 0 Å². The normalized spacial score (nSPS) is 41.9. The Morgan fingerprint density at radius 3 is 1.17 bits per heavy atom. The third kappa shape index (κ3) is 6.57. The molecule has 0 bridgehead atoms. The van der Waals surface area contributed by atoms with Gasteiger partial charge < -0.3 is 30.0 Å². The Morgan fingerprint density at radius 1 is 0.583 bits per heavy atom. The molecule has 9 atom stereocenters. The fraction of sp³-hybridized carbons (Fsp3) is 1.00. The van der Waals surface area contributed by atoms with Gasteiger partial charge in [-0.1, -0.05) is 0 Å². The first-order chi connectivity index (χ1) is 10.5. The molecule has 0 aromatic heterocycles. The summed E-state index contributed by atoms with van der Waals surface area (Å²) < 4.78 is 48.2. The molecular formula is C9H21O12P3. The zero-order valence-corrected chi connectivity index (χ0v) is 15.6. The minimum absolute atomic E-state index is 0.741. The van der Waals surface area contributed by atoms with Crippen LogP contribution in [-0.2, 0) is 27.3 Å². The molecule has 6 N–H and O–H groups in total. The quantitative estimate of drug-likeness (QED) is 0.281. The van der Waals surface area contributed by atoms with Gasteiger partial charge >= 0.3 is 22.8 Å². The number of hydrogen-bond acceptors (Lipinski definition) is 9. The van der Waals surface area contributed by atoms with Gasteiger partial charge in [0, 0.05) is 20.0 Å². The van der Waals surface area contributed by atoms with Crippen LogP contribution in [0.1, 0.15) is 0 Å². The molecule has 0 heterocycles. The van der Waals surface area contributed by atoms with Crippen LogP contribution >= 0.6 is 22.8 Å². The Labute approximate surface area is 137 Å². The lowest BCUT2D eigenvalue weighted by Gasteiger charge is -2.45. The highest BCUT2D eigenvalue weighted by Crippen LogP contribution is 2.49. The summed E-state index contributed by atoms with van der Waals surface area (Å²) in [7, 11) is -12.8. The topological polar surface area (TPSA) is 200 Å². The second-order valence-corrected chi connectivity index (χ2v) is 11.0. The highest BCUT2D eigenvalue weighted by atomic mass is 31.2. The predicted octanol–water partition coefficient (Wildman–Crippen LogP) is -1.32. The SMILES string of the molecule is CP(=O)(O)O[C@@H]1[C@H](O)[C@H](O)[C@@H](OP(C)(=O)O)[C@H](OP(C)(=O)O)[C@H]1O.